The largest absolute Gasteiger partial charge is 0.454 e. The molecule has 0 aliphatic carbocycles. The van der Waals surface area contributed by atoms with Gasteiger partial charge in [0, 0.05) is 24.1 Å². The molecule has 5 aliphatic heterocycles. The van der Waals surface area contributed by atoms with E-state index in [1.54, 1.807) is 24.3 Å². The van der Waals surface area contributed by atoms with Gasteiger partial charge in [-0.05, 0) is 73.8 Å². The Bertz CT molecular complexity index is 1040. The van der Waals surface area contributed by atoms with Crippen LogP contribution in [-0.2, 0) is 0 Å². The van der Waals surface area contributed by atoms with Gasteiger partial charge in [0.2, 0.25) is 6.79 Å². The van der Waals surface area contributed by atoms with E-state index in [1.807, 2.05) is 6.07 Å². The topological polar surface area (TPSA) is 65.8 Å². The van der Waals surface area contributed by atoms with Gasteiger partial charge in [0.05, 0.1) is 17.7 Å². The van der Waals surface area contributed by atoms with Crippen molar-refractivity contribution in [1.29, 1.82) is 5.26 Å². The van der Waals surface area contributed by atoms with Crippen LogP contribution in [0.1, 0.15) is 40.2 Å². The Morgan fingerprint density at radius 3 is 2.53 bits per heavy atom. The molecule has 4 saturated heterocycles. The smallest absolute Gasteiger partial charge is 0.254 e. The van der Waals surface area contributed by atoms with Crippen molar-refractivity contribution in [3.8, 4) is 17.6 Å². The summed E-state index contributed by atoms with van der Waals surface area (Å²) in [6.07, 6.45) is 2.32. The maximum atomic E-state index is 13.5. The lowest BCUT2D eigenvalue weighted by molar-refractivity contribution is -0.00341. The molecule has 6 nitrogen and oxygen atoms in total. The maximum Gasteiger partial charge on any atom is 0.254 e. The molecule has 3 atom stereocenters. The number of nitriles is 1. The summed E-state index contributed by atoms with van der Waals surface area (Å²) in [5, 5.41) is 9.06. The molecule has 0 saturated carbocycles. The quantitative estimate of drug-likeness (QED) is 0.774. The average Bonchev–Trinajstić information content (AvgIpc) is 3.45. The SMILES string of the molecule is N#Cc1ccc(C(=O)N2C[C@H](c3ccc4c(c3)OCO4)[C@H]3[C@@H]2C2CCN3CC2)cc1. The van der Waals surface area contributed by atoms with Gasteiger partial charge < -0.3 is 14.4 Å². The molecule has 2 aromatic rings. The monoisotopic (exact) mass is 401 g/mol. The summed E-state index contributed by atoms with van der Waals surface area (Å²) in [6.45, 7) is 3.21. The fraction of sp³-hybridized carbons (Fsp3) is 0.417. The average molecular weight is 401 g/mol. The van der Waals surface area contributed by atoms with Gasteiger partial charge in [-0.3, -0.25) is 9.69 Å². The summed E-state index contributed by atoms with van der Waals surface area (Å²) in [5.74, 6) is 2.49. The number of benzene rings is 2. The lowest BCUT2D eigenvalue weighted by Crippen LogP contribution is -2.60. The zero-order valence-electron chi connectivity index (χ0n) is 16.7. The highest BCUT2D eigenvalue weighted by molar-refractivity contribution is 5.95. The molecular formula is C24H23N3O3. The van der Waals surface area contributed by atoms with Crippen LogP contribution in [0, 0.1) is 17.2 Å². The van der Waals surface area contributed by atoms with Crippen LogP contribution in [0.3, 0.4) is 0 Å². The number of carbonyl (C=O) groups excluding carboxylic acids is 1. The molecule has 4 fully saturated rings. The normalized spacial score (nSPS) is 30.8. The summed E-state index contributed by atoms with van der Waals surface area (Å²) >= 11 is 0. The van der Waals surface area contributed by atoms with Crippen molar-refractivity contribution < 1.29 is 14.3 Å². The summed E-state index contributed by atoms with van der Waals surface area (Å²) in [6, 6.07) is 16.0. The molecule has 2 aromatic carbocycles. The molecule has 2 bridgehead atoms. The number of hydrogen-bond donors (Lipinski definition) is 0. The van der Waals surface area contributed by atoms with Gasteiger partial charge in [-0.25, -0.2) is 0 Å². The minimum Gasteiger partial charge on any atom is -0.454 e. The van der Waals surface area contributed by atoms with Crippen LogP contribution < -0.4 is 9.47 Å². The van der Waals surface area contributed by atoms with E-state index in [1.165, 1.54) is 5.56 Å². The molecule has 1 amide bonds. The Balaban J connectivity index is 1.36. The molecule has 5 aliphatic rings. The molecule has 7 rings (SSSR count). The highest BCUT2D eigenvalue weighted by Crippen LogP contribution is 2.48. The second kappa shape index (κ2) is 6.75. The molecule has 0 spiro atoms. The Hall–Kier alpha value is -3.04. The molecule has 0 radical (unpaired) electrons. The number of piperidine rings is 3. The van der Waals surface area contributed by atoms with Crippen molar-refractivity contribution in [1.82, 2.24) is 9.80 Å². The molecule has 152 valence electrons. The molecule has 30 heavy (non-hydrogen) atoms. The summed E-state index contributed by atoms with van der Waals surface area (Å²) in [7, 11) is 0. The molecule has 0 N–H and O–H groups in total. The number of hydrogen-bond acceptors (Lipinski definition) is 5. The second-order valence-electron chi connectivity index (χ2n) is 8.72. The number of rotatable bonds is 2. The number of likely N-dealkylation sites (tertiary alicyclic amines) is 1. The Kier molecular flexibility index (Phi) is 4.00. The lowest BCUT2D eigenvalue weighted by atomic mass is 9.75. The van der Waals surface area contributed by atoms with E-state index in [-0.39, 0.29) is 24.7 Å². The van der Waals surface area contributed by atoms with E-state index in [0.717, 1.165) is 37.4 Å². The van der Waals surface area contributed by atoms with Crippen LogP contribution in [0.15, 0.2) is 42.5 Å². The summed E-state index contributed by atoms with van der Waals surface area (Å²) in [4.78, 5) is 18.2. The minimum absolute atomic E-state index is 0.0754. The van der Waals surface area contributed by atoms with Crippen LogP contribution in [0.2, 0.25) is 0 Å². The number of carbonyl (C=O) groups is 1. The number of ether oxygens (including phenoxy) is 2. The van der Waals surface area contributed by atoms with Crippen molar-refractivity contribution in [2.45, 2.75) is 30.8 Å². The second-order valence-corrected chi connectivity index (χ2v) is 8.72. The molecule has 6 heteroatoms. The van der Waals surface area contributed by atoms with Gasteiger partial charge in [-0.2, -0.15) is 5.26 Å². The fourth-order valence-electron chi connectivity index (χ4n) is 5.94. The van der Waals surface area contributed by atoms with E-state index in [2.05, 4.69) is 28.0 Å². The molecule has 0 aromatic heterocycles. The number of nitrogens with zero attached hydrogens (tertiary/aromatic N) is 3. The molecule has 5 heterocycles. The number of amides is 1. The van der Waals surface area contributed by atoms with Gasteiger partial charge in [0.25, 0.3) is 5.91 Å². The Morgan fingerprint density at radius 1 is 1.00 bits per heavy atom. The van der Waals surface area contributed by atoms with E-state index < -0.39 is 0 Å². The number of fused-ring (bicyclic) bond motifs is 3. The Labute approximate surface area is 175 Å². The summed E-state index contributed by atoms with van der Waals surface area (Å²) < 4.78 is 11.1. The van der Waals surface area contributed by atoms with Crippen molar-refractivity contribution in [2.24, 2.45) is 5.92 Å². The third kappa shape index (κ3) is 2.62. The lowest BCUT2D eigenvalue weighted by Gasteiger charge is -2.51. The van der Waals surface area contributed by atoms with Crippen LogP contribution in [0.25, 0.3) is 0 Å². The van der Waals surface area contributed by atoms with Crippen LogP contribution in [0.4, 0.5) is 0 Å². The molecule has 0 unspecified atom stereocenters. The zero-order valence-corrected chi connectivity index (χ0v) is 16.7. The van der Waals surface area contributed by atoms with Gasteiger partial charge in [-0.1, -0.05) is 6.07 Å². The third-order valence-electron chi connectivity index (χ3n) is 7.34. The van der Waals surface area contributed by atoms with Crippen molar-refractivity contribution >= 4 is 5.91 Å². The Morgan fingerprint density at radius 2 is 1.77 bits per heavy atom. The van der Waals surface area contributed by atoms with Gasteiger partial charge in [0.1, 0.15) is 0 Å². The highest BCUT2D eigenvalue weighted by Gasteiger charge is 2.54. The predicted molar refractivity (Wildman–Crippen MR) is 109 cm³/mol. The van der Waals surface area contributed by atoms with E-state index >= 15 is 0 Å². The first-order valence-electron chi connectivity index (χ1n) is 10.7. The zero-order chi connectivity index (χ0) is 20.2. The third-order valence-corrected chi connectivity index (χ3v) is 7.34. The maximum absolute atomic E-state index is 13.5. The van der Waals surface area contributed by atoms with Crippen LogP contribution in [-0.4, -0.2) is 54.2 Å². The first-order chi connectivity index (χ1) is 14.7. The highest BCUT2D eigenvalue weighted by atomic mass is 16.7. The van der Waals surface area contributed by atoms with E-state index in [0.29, 0.717) is 29.6 Å². The van der Waals surface area contributed by atoms with Crippen molar-refractivity contribution in [3.63, 3.8) is 0 Å². The van der Waals surface area contributed by atoms with E-state index in [9.17, 15) is 4.79 Å². The van der Waals surface area contributed by atoms with Crippen LogP contribution >= 0.6 is 0 Å². The predicted octanol–water partition coefficient (Wildman–Crippen LogP) is 2.99. The first kappa shape index (κ1) is 17.8. The van der Waals surface area contributed by atoms with Gasteiger partial charge >= 0.3 is 0 Å². The van der Waals surface area contributed by atoms with Crippen LogP contribution in [0.5, 0.6) is 11.5 Å². The van der Waals surface area contributed by atoms with Crippen molar-refractivity contribution in [2.75, 3.05) is 26.4 Å². The standard InChI is InChI=1S/C24H23N3O3/c25-12-15-1-3-17(4-2-15)24(28)27-13-19(18-5-6-20-21(11-18)30-14-29-20)23-22(27)16-7-9-26(23)10-8-16/h1-6,11,16,19,22-23H,7-10,13-14H2/t19-,22+,23+/m1/s1. The van der Waals surface area contributed by atoms with Crippen molar-refractivity contribution in [3.05, 3.63) is 59.2 Å². The molecular weight excluding hydrogens is 378 g/mol. The minimum atomic E-state index is 0.0754. The van der Waals surface area contributed by atoms with Gasteiger partial charge in [-0.15, -0.1) is 0 Å². The summed E-state index contributed by atoms with van der Waals surface area (Å²) in [5.41, 5.74) is 2.46. The fourth-order valence-corrected chi connectivity index (χ4v) is 5.94. The van der Waals surface area contributed by atoms with Gasteiger partial charge in [0.15, 0.2) is 11.5 Å². The van der Waals surface area contributed by atoms with E-state index in [4.69, 9.17) is 14.7 Å². The first-order valence-corrected chi connectivity index (χ1v) is 10.7.